The fourth-order valence-electron chi connectivity index (χ4n) is 4.05. The number of hydrogen-bond donors (Lipinski definition) is 2. The van der Waals surface area contributed by atoms with Gasteiger partial charge in [0.1, 0.15) is 17.7 Å². The Morgan fingerprint density at radius 2 is 1.62 bits per heavy atom. The highest BCUT2D eigenvalue weighted by Crippen LogP contribution is 2.34. The van der Waals surface area contributed by atoms with Crippen LogP contribution in [0.3, 0.4) is 0 Å². The maximum Gasteiger partial charge on any atom is 0.408 e. The lowest BCUT2D eigenvalue weighted by Gasteiger charge is -2.45. The van der Waals surface area contributed by atoms with E-state index in [0.29, 0.717) is 19.4 Å². The molecule has 0 saturated heterocycles. The third kappa shape index (κ3) is 9.35. The van der Waals surface area contributed by atoms with Crippen LogP contribution in [-0.4, -0.2) is 46.5 Å². The van der Waals surface area contributed by atoms with Crippen molar-refractivity contribution in [3.63, 3.8) is 0 Å². The number of benzene rings is 1. The number of nitrogens with zero attached hydrogens (tertiary/aromatic N) is 1. The molecule has 0 aliphatic heterocycles. The largest absolute Gasteiger partial charge is 0.444 e. The second-order valence-corrected chi connectivity index (χ2v) is 11.8. The lowest BCUT2D eigenvalue weighted by molar-refractivity contribution is -0.150. The smallest absolute Gasteiger partial charge is 0.408 e. The molecule has 0 aromatic heterocycles. The SMILES string of the molecule is CCCCNC(=O)C(c1ccc(C)c(C)c1)N(C(=O)C(NC(=O)OC(C)(C)C)C(C)CC)C(C)(C)CC. The molecule has 3 atom stereocenters. The molecule has 3 amide bonds. The van der Waals surface area contributed by atoms with Crippen molar-refractivity contribution in [2.24, 2.45) is 5.92 Å². The molecule has 3 unspecified atom stereocenters. The van der Waals surface area contributed by atoms with Gasteiger partial charge >= 0.3 is 6.09 Å². The first-order valence-electron chi connectivity index (χ1n) is 13.8. The number of carbonyl (C=O) groups is 3. The van der Waals surface area contributed by atoms with E-state index in [0.717, 1.165) is 29.5 Å². The summed E-state index contributed by atoms with van der Waals surface area (Å²) in [7, 11) is 0. The molecule has 2 N–H and O–H groups in total. The normalized spacial score (nSPS) is 14.4. The first-order chi connectivity index (χ1) is 17.1. The molecular weight excluding hydrogens is 466 g/mol. The third-order valence-electron chi connectivity index (χ3n) is 7.09. The van der Waals surface area contributed by atoms with Gasteiger partial charge in [0.05, 0.1) is 0 Å². The highest BCUT2D eigenvalue weighted by atomic mass is 16.6. The van der Waals surface area contributed by atoms with Crippen molar-refractivity contribution in [3.05, 3.63) is 34.9 Å². The Hall–Kier alpha value is -2.57. The van der Waals surface area contributed by atoms with Crippen LogP contribution in [0.4, 0.5) is 4.79 Å². The highest BCUT2D eigenvalue weighted by molar-refractivity contribution is 5.93. The first-order valence-corrected chi connectivity index (χ1v) is 13.8. The predicted octanol–water partition coefficient (Wildman–Crippen LogP) is 6.22. The van der Waals surface area contributed by atoms with Crippen LogP contribution in [0, 0.1) is 19.8 Å². The van der Waals surface area contributed by atoms with E-state index in [9.17, 15) is 14.4 Å². The molecule has 7 heteroatoms. The molecule has 0 bridgehead atoms. The topological polar surface area (TPSA) is 87.7 Å². The summed E-state index contributed by atoms with van der Waals surface area (Å²) >= 11 is 0. The number of hydrogen-bond acceptors (Lipinski definition) is 4. The van der Waals surface area contributed by atoms with E-state index in [1.165, 1.54) is 0 Å². The maximum absolute atomic E-state index is 14.4. The van der Waals surface area contributed by atoms with Gasteiger partial charge in [-0.2, -0.15) is 0 Å². The molecule has 1 aromatic rings. The number of nitrogens with one attached hydrogen (secondary N) is 2. The summed E-state index contributed by atoms with van der Waals surface area (Å²) in [5.74, 6) is -0.675. The standard InChI is InChI=1S/C30H51N3O4/c1-12-15-18-31-26(34)25(23-17-16-21(5)22(6)19-23)33(30(10,11)14-3)27(35)24(20(4)13-2)32-28(36)37-29(7,8)9/h16-17,19-20,24-25H,12-15,18H2,1-11H3,(H,31,34)(H,32,36). The van der Waals surface area contributed by atoms with E-state index >= 15 is 0 Å². The first kappa shape index (κ1) is 32.5. The number of amides is 3. The minimum Gasteiger partial charge on any atom is -0.444 e. The molecule has 7 nitrogen and oxygen atoms in total. The zero-order valence-electron chi connectivity index (χ0n) is 25.1. The van der Waals surface area contributed by atoms with Gasteiger partial charge in [0.25, 0.3) is 0 Å². The molecule has 0 radical (unpaired) electrons. The van der Waals surface area contributed by atoms with Crippen LogP contribution in [0.1, 0.15) is 111 Å². The third-order valence-corrected chi connectivity index (χ3v) is 7.09. The van der Waals surface area contributed by atoms with Crippen LogP contribution < -0.4 is 10.6 Å². The van der Waals surface area contributed by atoms with E-state index in [2.05, 4.69) is 17.6 Å². The molecule has 0 saturated carbocycles. The molecule has 0 fully saturated rings. The molecule has 0 aliphatic carbocycles. The quantitative estimate of drug-likeness (QED) is 0.322. The van der Waals surface area contributed by atoms with Crippen LogP contribution in [0.25, 0.3) is 0 Å². The molecule has 0 aliphatic rings. The number of ether oxygens (including phenoxy) is 1. The Bertz CT molecular complexity index is 920. The van der Waals surface area contributed by atoms with E-state index in [4.69, 9.17) is 4.74 Å². The van der Waals surface area contributed by atoms with Crippen molar-refractivity contribution in [2.45, 2.75) is 125 Å². The van der Waals surface area contributed by atoms with Crippen LogP contribution in [0.2, 0.25) is 0 Å². The van der Waals surface area contributed by atoms with Crippen LogP contribution in [0.5, 0.6) is 0 Å². The van der Waals surface area contributed by atoms with Crippen molar-refractivity contribution in [1.29, 1.82) is 0 Å². The second kappa shape index (κ2) is 13.8. The zero-order chi connectivity index (χ0) is 28.6. The number of alkyl carbamates (subject to hydrolysis) is 1. The summed E-state index contributed by atoms with van der Waals surface area (Å²) in [6, 6.07) is 4.22. The van der Waals surface area contributed by atoms with Crippen LogP contribution in [0.15, 0.2) is 18.2 Å². The van der Waals surface area contributed by atoms with Gasteiger partial charge in [-0.05, 0) is 83.9 Å². The number of unbranched alkanes of at least 4 members (excludes halogenated alkanes) is 1. The molecule has 1 rings (SSSR count). The Kier molecular flexibility index (Phi) is 12.1. The lowest BCUT2D eigenvalue weighted by atomic mass is 9.89. The van der Waals surface area contributed by atoms with Gasteiger partial charge in [-0.1, -0.05) is 58.7 Å². The fraction of sp³-hybridized carbons (Fsp3) is 0.700. The Morgan fingerprint density at radius 3 is 2.11 bits per heavy atom. The highest BCUT2D eigenvalue weighted by Gasteiger charge is 2.44. The van der Waals surface area contributed by atoms with Gasteiger partial charge in [-0.3, -0.25) is 9.59 Å². The number of carbonyl (C=O) groups excluding carboxylic acids is 3. The van der Waals surface area contributed by atoms with E-state index in [1.807, 2.05) is 66.7 Å². The van der Waals surface area contributed by atoms with Crippen molar-refractivity contribution in [2.75, 3.05) is 6.54 Å². The van der Waals surface area contributed by atoms with Crippen molar-refractivity contribution < 1.29 is 19.1 Å². The molecule has 1 aromatic carbocycles. The number of aryl methyl sites for hydroxylation is 2. The molecular formula is C30H51N3O4. The molecule has 210 valence electrons. The van der Waals surface area contributed by atoms with Gasteiger partial charge in [0.2, 0.25) is 11.8 Å². The number of rotatable bonds is 12. The fourth-order valence-corrected chi connectivity index (χ4v) is 4.05. The predicted molar refractivity (Wildman–Crippen MR) is 150 cm³/mol. The summed E-state index contributed by atoms with van der Waals surface area (Å²) in [5.41, 5.74) is 1.56. The Morgan fingerprint density at radius 1 is 1.00 bits per heavy atom. The summed E-state index contributed by atoms with van der Waals surface area (Å²) in [5, 5.41) is 5.89. The summed E-state index contributed by atoms with van der Waals surface area (Å²) in [6.07, 6.45) is 2.46. The average Bonchev–Trinajstić information content (AvgIpc) is 2.80. The van der Waals surface area contributed by atoms with Gasteiger partial charge in [-0.15, -0.1) is 0 Å². The van der Waals surface area contributed by atoms with E-state index in [-0.39, 0.29) is 17.7 Å². The van der Waals surface area contributed by atoms with Gasteiger partial charge < -0.3 is 20.3 Å². The van der Waals surface area contributed by atoms with Crippen molar-refractivity contribution >= 4 is 17.9 Å². The monoisotopic (exact) mass is 517 g/mol. The molecule has 37 heavy (non-hydrogen) atoms. The summed E-state index contributed by atoms with van der Waals surface area (Å²) in [4.78, 5) is 42.7. The Balaban J connectivity index is 3.67. The van der Waals surface area contributed by atoms with E-state index in [1.54, 1.807) is 25.7 Å². The Labute approximate surface area is 225 Å². The van der Waals surface area contributed by atoms with Gasteiger partial charge in [0, 0.05) is 12.1 Å². The van der Waals surface area contributed by atoms with E-state index < -0.39 is 29.3 Å². The molecule has 0 heterocycles. The minimum absolute atomic E-state index is 0.168. The summed E-state index contributed by atoms with van der Waals surface area (Å²) in [6.45, 7) is 21.9. The average molecular weight is 518 g/mol. The van der Waals surface area contributed by atoms with Crippen molar-refractivity contribution in [3.8, 4) is 0 Å². The minimum atomic E-state index is -0.844. The van der Waals surface area contributed by atoms with Gasteiger partial charge in [-0.25, -0.2) is 4.79 Å². The van der Waals surface area contributed by atoms with Crippen molar-refractivity contribution in [1.82, 2.24) is 15.5 Å². The lowest BCUT2D eigenvalue weighted by Crippen LogP contribution is -2.60. The van der Waals surface area contributed by atoms with Crippen LogP contribution >= 0.6 is 0 Å². The van der Waals surface area contributed by atoms with Gasteiger partial charge in [0.15, 0.2) is 0 Å². The maximum atomic E-state index is 14.4. The zero-order valence-corrected chi connectivity index (χ0v) is 25.1. The van der Waals surface area contributed by atoms with Crippen LogP contribution in [-0.2, 0) is 14.3 Å². The second-order valence-electron chi connectivity index (χ2n) is 11.8. The summed E-state index contributed by atoms with van der Waals surface area (Å²) < 4.78 is 5.49. The molecule has 0 spiro atoms.